The van der Waals surface area contributed by atoms with Crippen LogP contribution in [0.2, 0.25) is 5.02 Å². The number of benzene rings is 1. The second-order valence-electron chi connectivity index (χ2n) is 3.69. The van der Waals surface area contributed by atoms with Gasteiger partial charge in [-0.15, -0.1) is 0 Å². The van der Waals surface area contributed by atoms with Crippen LogP contribution in [0.25, 0.3) is 0 Å². The van der Waals surface area contributed by atoms with Crippen molar-refractivity contribution in [2.24, 2.45) is 0 Å². The molecule has 4 heteroatoms. The number of nitrogens with zero attached hydrogens (tertiary/aromatic N) is 1. The van der Waals surface area contributed by atoms with E-state index in [1.54, 1.807) is 4.90 Å². The number of amides is 2. The number of carbonyl (C=O) groups excluding carboxylic acids is 1. The fourth-order valence-corrected chi connectivity index (χ4v) is 2.03. The van der Waals surface area contributed by atoms with Crippen molar-refractivity contribution in [3.05, 3.63) is 28.8 Å². The Hall–Kier alpha value is -1.22. The van der Waals surface area contributed by atoms with Gasteiger partial charge in [0.15, 0.2) is 0 Å². The second-order valence-corrected chi connectivity index (χ2v) is 4.10. The Labute approximate surface area is 94.0 Å². The molecule has 0 radical (unpaired) electrons. The molecule has 1 N–H and O–H groups in total. The molecule has 0 saturated carbocycles. The molecule has 1 aromatic rings. The minimum absolute atomic E-state index is 0.0630. The highest BCUT2D eigenvalue weighted by Gasteiger charge is 2.20. The van der Waals surface area contributed by atoms with Crippen LogP contribution in [-0.2, 0) is 0 Å². The number of nitrogens with one attached hydrogen (secondary N) is 1. The topological polar surface area (TPSA) is 32.3 Å². The first-order chi connectivity index (χ1) is 7.18. The van der Waals surface area contributed by atoms with Crippen LogP contribution in [0.15, 0.2) is 18.2 Å². The maximum absolute atomic E-state index is 11.6. The highest BCUT2D eigenvalue weighted by molar-refractivity contribution is 6.33. The quantitative estimate of drug-likeness (QED) is 0.781. The molecular weight excluding hydrogens is 212 g/mol. The minimum Gasteiger partial charge on any atom is -0.338 e. The summed E-state index contributed by atoms with van der Waals surface area (Å²) >= 11 is 6.11. The van der Waals surface area contributed by atoms with Gasteiger partial charge in [-0.05, 0) is 31.0 Å². The number of aryl methyl sites for hydroxylation is 1. The molecule has 3 nitrogen and oxygen atoms in total. The number of urea groups is 1. The Morgan fingerprint density at radius 2 is 2.27 bits per heavy atom. The van der Waals surface area contributed by atoms with Gasteiger partial charge in [0.05, 0.1) is 10.7 Å². The van der Waals surface area contributed by atoms with E-state index in [2.05, 4.69) is 5.32 Å². The van der Waals surface area contributed by atoms with E-state index in [1.165, 1.54) is 0 Å². The molecule has 15 heavy (non-hydrogen) atoms. The Kier molecular flexibility index (Phi) is 2.82. The van der Waals surface area contributed by atoms with Gasteiger partial charge >= 0.3 is 6.03 Å². The highest BCUT2D eigenvalue weighted by Crippen LogP contribution is 2.27. The van der Waals surface area contributed by atoms with Crippen molar-refractivity contribution >= 4 is 23.3 Å². The zero-order valence-corrected chi connectivity index (χ0v) is 9.34. The van der Waals surface area contributed by atoms with Crippen LogP contribution >= 0.6 is 11.6 Å². The smallest absolute Gasteiger partial charge is 0.321 e. The van der Waals surface area contributed by atoms with Crippen molar-refractivity contribution in [2.45, 2.75) is 13.3 Å². The fourth-order valence-electron chi connectivity index (χ4n) is 1.69. The summed E-state index contributed by atoms with van der Waals surface area (Å²) in [5.41, 5.74) is 1.89. The Morgan fingerprint density at radius 3 is 2.93 bits per heavy atom. The maximum atomic E-state index is 11.6. The summed E-state index contributed by atoms with van der Waals surface area (Å²) in [5, 5.41) is 3.43. The standard InChI is InChI=1S/C11H13ClN2O/c1-8-3-4-10(9(12)7-8)14-6-2-5-13-11(14)15/h3-4,7H,2,5-6H2,1H3,(H,13,15). The average molecular weight is 225 g/mol. The summed E-state index contributed by atoms with van der Waals surface area (Å²) in [6, 6.07) is 5.66. The zero-order chi connectivity index (χ0) is 10.8. The molecule has 2 amide bonds. The largest absolute Gasteiger partial charge is 0.338 e. The highest BCUT2D eigenvalue weighted by atomic mass is 35.5. The first-order valence-electron chi connectivity index (χ1n) is 5.00. The molecule has 1 aliphatic heterocycles. The van der Waals surface area contributed by atoms with Crippen molar-refractivity contribution in [3.63, 3.8) is 0 Å². The first kappa shape index (κ1) is 10.3. The van der Waals surface area contributed by atoms with Crippen LogP contribution in [0.3, 0.4) is 0 Å². The van der Waals surface area contributed by atoms with Crippen LogP contribution in [0.4, 0.5) is 10.5 Å². The molecule has 1 aliphatic rings. The van der Waals surface area contributed by atoms with Gasteiger partial charge in [-0.1, -0.05) is 17.7 Å². The number of hydrogen-bond acceptors (Lipinski definition) is 1. The lowest BCUT2D eigenvalue weighted by Crippen LogP contribution is -2.46. The molecule has 80 valence electrons. The van der Waals surface area contributed by atoms with Gasteiger partial charge in [0.2, 0.25) is 0 Å². The second kappa shape index (κ2) is 4.11. The van der Waals surface area contributed by atoms with E-state index in [0.717, 1.165) is 30.8 Å². The van der Waals surface area contributed by atoms with E-state index in [0.29, 0.717) is 5.02 Å². The van der Waals surface area contributed by atoms with E-state index < -0.39 is 0 Å². The molecule has 0 atom stereocenters. The summed E-state index contributed by atoms with van der Waals surface area (Å²) in [6.07, 6.45) is 0.954. The Balaban J connectivity index is 2.31. The normalized spacial score (nSPS) is 16.4. The molecule has 2 rings (SSSR count). The van der Waals surface area contributed by atoms with E-state index >= 15 is 0 Å². The molecule has 0 aliphatic carbocycles. The molecule has 0 aromatic heterocycles. The lowest BCUT2D eigenvalue weighted by Gasteiger charge is -2.28. The van der Waals surface area contributed by atoms with Crippen LogP contribution in [0.5, 0.6) is 0 Å². The van der Waals surface area contributed by atoms with Crippen LogP contribution in [0, 0.1) is 6.92 Å². The van der Waals surface area contributed by atoms with E-state index in [-0.39, 0.29) is 6.03 Å². The van der Waals surface area contributed by atoms with Crippen molar-refractivity contribution < 1.29 is 4.79 Å². The van der Waals surface area contributed by atoms with Crippen LogP contribution < -0.4 is 10.2 Å². The van der Waals surface area contributed by atoms with Gasteiger partial charge in [0.25, 0.3) is 0 Å². The Morgan fingerprint density at radius 1 is 1.47 bits per heavy atom. The number of hydrogen-bond donors (Lipinski definition) is 1. The Bertz CT molecular complexity index is 392. The van der Waals surface area contributed by atoms with Gasteiger partial charge < -0.3 is 5.32 Å². The zero-order valence-electron chi connectivity index (χ0n) is 8.59. The van der Waals surface area contributed by atoms with Gasteiger partial charge in [-0.25, -0.2) is 4.79 Å². The SMILES string of the molecule is Cc1ccc(N2CCCNC2=O)c(Cl)c1. The first-order valence-corrected chi connectivity index (χ1v) is 5.38. The summed E-state index contributed by atoms with van der Waals surface area (Å²) in [6.45, 7) is 3.46. The third-order valence-electron chi connectivity index (χ3n) is 2.47. The summed E-state index contributed by atoms with van der Waals surface area (Å²) in [7, 11) is 0. The van der Waals surface area contributed by atoms with E-state index in [4.69, 9.17) is 11.6 Å². The average Bonchev–Trinajstić information content (AvgIpc) is 2.20. The van der Waals surface area contributed by atoms with Gasteiger partial charge in [-0.3, -0.25) is 4.90 Å². The molecular formula is C11H13ClN2O. The van der Waals surface area contributed by atoms with E-state index in [1.807, 2.05) is 25.1 Å². The number of anilines is 1. The monoisotopic (exact) mass is 224 g/mol. The lowest BCUT2D eigenvalue weighted by atomic mass is 10.2. The van der Waals surface area contributed by atoms with Crippen molar-refractivity contribution in [2.75, 3.05) is 18.0 Å². The fraction of sp³-hybridized carbons (Fsp3) is 0.364. The summed E-state index contributed by atoms with van der Waals surface area (Å²) in [5.74, 6) is 0. The molecule has 0 unspecified atom stereocenters. The molecule has 0 spiro atoms. The van der Waals surface area contributed by atoms with Crippen molar-refractivity contribution in [1.29, 1.82) is 0 Å². The van der Waals surface area contributed by atoms with E-state index in [9.17, 15) is 4.79 Å². The predicted octanol–water partition coefficient (Wildman–Crippen LogP) is 2.57. The van der Waals surface area contributed by atoms with Crippen molar-refractivity contribution in [3.8, 4) is 0 Å². The van der Waals surface area contributed by atoms with Crippen LogP contribution in [-0.4, -0.2) is 19.1 Å². The molecule has 1 aromatic carbocycles. The minimum atomic E-state index is -0.0630. The predicted molar refractivity (Wildman–Crippen MR) is 61.6 cm³/mol. The molecule has 0 bridgehead atoms. The third kappa shape index (κ3) is 2.07. The summed E-state index contributed by atoms with van der Waals surface area (Å²) in [4.78, 5) is 13.3. The molecule has 1 saturated heterocycles. The van der Waals surface area contributed by atoms with Crippen LogP contribution in [0.1, 0.15) is 12.0 Å². The number of rotatable bonds is 1. The lowest BCUT2D eigenvalue weighted by molar-refractivity contribution is 0.243. The maximum Gasteiger partial charge on any atom is 0.321 e. The van der Waals surface area contributed by atoms with Gasteiger partial charge in [0.1, 0.15) is 0 Å². The van der Waals surface area contributed by atoms with Gasteiger partial charge in [0, 0.05) is 13.1 Å². The number of halogens is 1. The van der Waals surface area contributed by atoms with Crippen molar-refractivity contribution in [1.82, 2.24) is 5.32 Å². The number of carbonyl (C=O) groups is 1. The molecule has 1 fully saturated rings. The summed E-state index contributed by atoms with van der Waals surface area (Å²) < 4.78 is 0. The third-order valence-corrected chi connectivity index (χ3v) is 2.78. The molecule has 1 heterocycles. The van der Waals surface area contributed by atoms with Gasteiger partial charge in [-0.2, -0.15) is 0 Å².